The Labute approximate surface area is 241 Å². The minimum atomic E-state index is -1.00. The van der Waals surface area contributed by atoms with E-state index in [1.54, 1.807) is 38.4 Å². The number of ether oxygens (including phenoxy) is 1. The molecule has 12 heteroatoms. The summed E-state index contributed by atoms with van der Waals surface area (Å²) in [4.78, 5) is 43.6. The minimum absolute atomic E-state index is 0.0513. The molecule has 2 aliphatic rings. The Morgan fingerprint density at radius 2 is 1.71 bits per heavy atom. The van der Waals surface area contributed by atoms with E-state index in [0.717, 1.165) is 17.7 Å². The number of phenols is 1. The van der Waals surface area contributed by atoms with E-state index in [1.807, 2.05) is 12.1 Å². The summed E-state index contributed by atoms with van der Waals surface area (Å²) < 4.78 is 33.4. The van der Waals surface area contributed by atoms with Gasteiger partial charge in [0.05, 0.1) is 20.2 Å². The second-order valence-electron chi connectivity index (χ2n) is 10.3. The van der Waals surface area contributed by atoms with Crippen molar-refractivity contribution in [2.45, 2.75) is 31.7 Å². The number of piperazine rings is 1. The Kier molecular flexibility index (Phi) is 8.25. The largest absolute Gasteiger partial charge is 0.508 e. The Morgan fingerprint density at radius 3 is 2.38 bits per heavy atom. The molecule has 3 aromatic carbocycles. The number of hydrazine groups is 1. The summed E-state index contributed by atoms with van der Waals surface area (Å²) in [6, 6.07) is 15.1. The molecule has 42 heavy (non-hydrogen) atoms. The number of carbonyl (C=O) groups excluding carboxylic acids is 3. The average molecular weight is 580 g/mol. The first kappa shape index (κ1) is 28.8. The summed E-state index contributed by atoms with van der Waals surface area (Å²) >= 11 is 0. The van der Waals surface area contributed by atoms with Crippen molar-refractivity contribution in [3.05, 3.63) is 95.1 Å². The van der Waals surface area contributed by atoms with E-state index >= 15 is 0 Å². The lowest BCUT2D eigenvalue weighted by atomic mass is 9.98. The van der Waals surface area contributed by atoms with Gasteiger partial charge < -0.3 is 25.0 Å². The fraction of sp³-hybridized carbons (Fsp3) is 0.300. The van der Waals surface area contributed by atoms with Crippen molar-refractivity contribution in [2.75, 3.05) is 27.2 Å². The summed E-state index contributed by atoms with van der Waals surface area (Å²) in [7, 11) is 3.17. The van der Waals surface area contributed by atoms with Crippen molar-refractivity contribution in [1.82, 2.24) is 25.1 Å². The van der Waals surface area contributed by atoms with Crippen molar-refractivity contribution in [2.24, 2.45) is 0 Å². The third kappa shape index (κ3) is 5.98. The maximum atomic E-state index is 14.6. The highest BCUT2D eigenvalue weighted by molar-refractivity contribution is 5.91. The number of aromatic hydroxyl groups is 1. The van der Waals surface area contributed by atoms with Crippen molar-refractivity contribution < 1.29 is 33.0 Å². The van der Waals surface area contributed by atoms with Gasteiger partial charge in [-0.1, -0.05) is 30.3 Å². The van der Waals surface area contributed by atoms with Gasteiger partial charge in [-0.25, -0.2) is 23.6 Å². The third-order valence-electron chi connectivity index (χ3n) is 7.49. The van der Waals surface area contributed by atoms with Gasteiger partial charge in [0.15, 0.2) is 0 Å². The van der Waals surface area contributed by atoms with E-state index in [2.05, 4.69) is 5.32 Å². The van der Waals surface area contributed by atoms with Crippen molar-refractivity contribution in [3.8, 4) is 11.5 Å². The Morgan fingerprint density at radius 1 is 1.02 bits per heavy atom. The van der Waals surface area contributed by atoms with Crippen LogP contribution in [0.2, 0.25) is 0 Å². The van der Waals surface area contributed by atoms with E-state index in [4.69, 9.17) is 4.74 Å². The van der Waals surface area contributed by atoms with Crippen LogP contribution in [-0.2, 0) is 29.1 Å². The number of hydrogen-bond donors (Lipinski definition) is 2. The molecule has 2 N–H and O–H groups in total. The zero-order valence-corrected chi connectivity index (χ0v) is 23.2. The molecule has 2 heterocycles. The fourth-order valence-corrected chi connectivity index (χ4v) is 5.36. The lowest BCUT2D eigenvalue weighted by Crippen LogP contribution is -2.76. The van der Waals surface area contributed by atoms with Gasteiger partial charge in [-0.05, 0) is 41.5 Å². The lowest BCUT2D eigenvalue weighted by Gasteiger charge is -2.54. The Hall–Kier alpha value is -4.71. The van der Waals surface area contributed by atoms with Crippen LogP contribution in [0, 0.1) is 11.6 Å². The fourth-order valence-electron chi connectivity index (χ4n) is 5.36. The average Bonchev–Trinajstić information content (AvgIpc) is 2.96. The molecule has 0 unspecified atom stereocenters. The molecule has 4 amide bonds. The van der Waals surface area contributed by atoms with Gasteiger partial charge in [0.2, 0.25) is 11.8 Å². The third-order valence-corrected chi connectivity index (χ3v) is 7.49. The first-order valence-electron chi connectivity index (χ1n) is 13.4. The maximum absolute atomic E-state index is 14.6. The smallest absolute Gasteiger partial charge is 0.334 e. The predicted octanol–water partition coefficient (Wildman–Crippen LogP) is 2.86. The monoisotopic (exact) mass is 579 g/mol. The molecule has 5 rings (SSSR count). The van der Waals surface area contributed by atoms with Gasteiger partial charge in [-0.3, -0.25) is 9.59 Å². The van der Waals surface area contributed by atoms with Crippen LogP contribution in [0.1, 0.15) is 16.7 Å². The molecule has 0 radical (unpaired) electrons. The van der Waals surface area contributed by atoms with Crippen LogP contribution in [-0.4, -0.2) is 82.2 Å². The van der Waals surface area contributed by atoms with Crippen LogP contribution in [0.15, 0.2) is 66.7 Å². The van der Waals surface area contributed by atoms with Gasteiger partial charge in [-0.15, -0.1) is 0 Å². The first-order valence-corrected chi connectivity index (χ1v) is 13.4. The number of carbonyl (C=O) groups is 3. The van der Waals surface area contributed by atoms with Crippen LogP contribution in [0.25, 0.3) is 0 Å². The van der Waals surface area contributed by atoms with Gasteiger partial charge in [-0.2, -0.15) is 0 Å². The number of amides is 4. The quantitative estimate of drug-likeness (QED) is 0.446. The molecule has 0 spiro atoms. The van der Waals surface area contributed by atoms with Gasteiger partial charge in [0.1, 0.15) is 35.3 Å². The van der Waals surface area contributed by atoms with Crippen molar-refractivity contribution in [1.29, 1.82) is 0 Å². The highest BCUT2D eigenvalue weighted by atomic mass is 19.1. The number of hydrogen-bond acceptors (Lipinski definition) is 6. The van der Waals surface area contributed by atoms with E-state index in [-0.39, 0.29) is 49.8 Å². The molecule has 2 atom stereocenters. The number of nitrogens with zero attached hydrogens (tertiary/aromatic N) is 4. The zero-order chi connectivity index (χ0) is 30.0. The minimum Gasteiger partial charge on any atom is -0.508 e. The topological polar surface area (TPSA) is 106 Å². The number of urea groups is 1. The molecule has 0 saturated carbocycles. The number of phenolic OH excluding ortho intramolecular Hbond substituents is 1. The van der Waals surface area contributed by atoms with Crippen molar-refractivity contribution >= 4 is 17.8 Å². The number of likely N-dealkylation sites (N-methyl/N-ethyl adjacent to an activating group) is 1. The maximum Gasteiger partial charge on any atom is 0.334 e. The molecule has 220 valence electrons. The summed E-state index contributed by atoms with van der Waals surface area (Å²) in [5.74, 6) is -1.58. The van der Waals surface area contributed by atoms with Gasteiger partial charge in [0.25, 0.3) is 0 Å². The standard InChI is InChI=1S/C30H31F2N5O5/c1-34-18-28(39)36-26(13-19-3-9-23(38)10-4-19)29(40)35(16-21-7-8-22(31)14-25(21)32)17-27(36)37(34)30(41)33-15-20-5-11-24(42-2)12-6-20/h3-12,14,26-27,38H,13,15-18H2,1-2H3,(H,33,41)/t26-,27-/m0/s1. The Bertz CT molecular complexity index is 1470. The SMILES string of the molecule is COc1ccc(CNC(=O)N2[C@H]3CN(Cc4ccc(F)cc4F)C(=O)[C@H](Cc4ccc(O)cc4)N3C(=O)CN2C)cc1. The summed E-state index contributed by atoms with van der Waals surface area (Å²) in [6.07, 6.45) is -0.787. The van der Waals surface area contributed by atoms with E-state index in [0.29, 0.717) is 11.3 Å². The van der Waals surface area contributed by atoms with E-state index < -0.39 is 35.8 Å². The molecule has 2 saturated heterocycles. The number of nitrogens with one attached hydrogen (secondary N) is 1. The molecule has 0 bridgehead atoms. The number of rotatable bonds is 7. The molecule has 10 nitrogen and oxygen atoms in total. The molecule has 2 aliphatic heterocycles. The summed E-state index contributed by atoms with van der Waals surface area (Å²) in [5, 5.41) is 15.5. The second kappa shape index (κ2) is 12.0. The molecule has 0 aromatic heterocycles. The summed E-state index contributed by atoms with van der Waals surface area (Å²) in [6.45, 7) is -0.207. The normalized spacial score (nSPS) is 19.1. The second-order valence-corrected chi connectivity index (χ2v) is 10.3. The van der Waals surface area contributed by atoms with Gasteiger partial charge in [0, 0.05) is 38.2 Å². The number of benzene rings is 3. The van der Waals surface area contributed by atoms with E-state index in [9.17, 15) is 28.3 Å². The number of methoxy groups -OCH3 is 1. The molecule has 2 fully saturated rings. The summed E-state index contributed by atoms with van der Waals surface area (Å²) in [5.41, 5.74) is 1.61. The molecular formula is C30H31F2N5O5. The zero-order valence-electron chi connectivity index (χ0n) is 23.2. The van der Waals surface area contributed by atoms with Gasteiger partial charge >= 0.3 is 6.03 Å². The van der Waals surface area contributed by atoms with Crippen LogP contribution < -0.4 is 10.1 Å². The van der Waals surface area contributed by atoms with E-state index in [1.165, 1.54) is 38.0 Å². The molecule has 3 aromatic rings. The van der Waals surface area contributed by atoms with Crippen LogP contribution in [0.5, 0.6) is 11.5 Å². The van der Waals surface area contributed by atoms with Crippen LogP contribution in [0.4, 0.5) is 13.6 Å². The van der Waals surface area contributed by atoms with Crippen LogP contribution in [0.3, 0.4) is 0 Å². The molecular weight excluding hydrogens is 548 g/mol. The predicted molar refractivity (Wildman–Crippen MR) is 148 cm³/mol. The highest BCUT2D eigenvalue weighted by Gasteiger charge is 2.50. The highest BCUT2D eigenvalue weighted by Crippen LogP contribution is 2.29. The van der Waals surface area contributed by atoms with Crippen molar-refractivity contribution in [3.63, 3.8) is 0 Å². The van der Waals surface area contributed by atoms with Crippen LogP contribution >= 0.6 is 0 Å². The molecule has 0 aliphatic carbocycles. The Balaban J connectivity index is 1.44. The lowest BCUT2D eigenvalue weighted by molar-refractivity contribution is -0.187. The number of fused-ring (bicyclic) bond motifs is 1. The first-order chi connectivity index (χ1) is 20.1. The number of halogens is 2.